The Bertz CT molecular complexity index is 535. The second-order valence-electron chi connectivity index (χ2n) is 6.26. The van der Waals surface area contributed by atoms with Crippen LogP contribution in [0, 0.1) is 5.92 Å². The van der Waals surface area contributed by atoms with Gasteiger partial charge in [0.15, 0.2) is 0 Å². The highest BCUT2D eigenvalue weighted by atomic mass is 35.5. The van der Waals surface area contributed by atoms with Crippen molar-refractivity contribution < 1.29 is 9.59 Å². The lowest BCUT2D eigenvalue weighted by molar-refractivity contribution is 0.0789. The summed E-state index contributed by atoms with van der Waals surface area (Å²) in [6.45, 7) is 7.38. The third-order valence-electron chi connectivity index (χ3n) is 3.91. The van der Waals surface area contributed by atoms with E-state index in [1.54, 1.807) is 36.2 Å². The fourth-order valence-corrected chi connectivity index (χ4v) is 2.13. The minimum absolute atomic E-state index is 0. The number of halogens is 1. The second kappa shape index (κ2) is 11.0. The van der Waals surface area contributed by atoms with E-state index in [0.29, 0.717) is 30.1 Å². The largest absolute Gasteiger partial charge is 0.352 e. The monoisotopic (exact) mass is 355 g/mol. The Morgan fingerprint density at radius 1 is 1.25 bits per heavy atom. The molecule has 1 rings (SSSR count). The highest BCUT2D eigenvalue weighted by Crippen LogP contribution is 2.10. The van der Waals surface area contributed by atoms with Crippen LogP contribution in [0.25, 0.3) is 0 Å². The summed E-state index contributed by atoms with van der Waals surface area (Å²) in [6.07, 6.45) is 1.64. The van der Waals surface area contributed by atoms with Crippen LogP contribution in [0.3, 0.4) is 0 Å². The lowest BCUT2D eigenvalue weighted by atomic mass is 10.0. The van der Waals surface area contributed by atoms with E-state index in [0.717, 1.165) is 12.8 Å². The molecule has 0 radical (unpaired) electrons. The van der Waals surface area contributed by atoms with Gasteiger partial charge < -0.3 is 16.0 Å². The molecule has 0 saturated heterocycles. The van der Waals surface area contributed by atoms with Crippen LogP contribution in [0.2, 0.25) is 0 Å². The number of nitrogens with one attached hydrogen (secondary N) is 1. The minimum Gasteiger partial charge on any atom is -0.352 e. The zero-order valence-electron chi connectivity index (χ0n) is 15.0. The number of hydrogen-bond acceptors (Lipinski definition) is 3. The van der Waals surface area contributed by atoms with Crippen molar-refractivity contribution in [1.29, 1.82) is 0 Å². The van der Waals surface area contributed by atoms with Gasteiger partial charge in [-0.25, -0.2) is 0 Å². The van der Waals surface area contributed by atoms with Crippen LogP contribution in [0.1, 0.15) is 54.3 Å². The standard InChI is InChI=1S/C18H29N3O2.ClH/c1-5-10-20-17(22)14-7-6-8-15(12-14)18(23)21(4)11-9-16(19)13(2)3;/h6-8,12-13,16H,5,9-11,19H2,1-4H3,(H,20,22);1H. The first-order chi connectivity index (χ1) is 10.9. The van der Waals surface area contributed by atoms with Crippen LogP contribution in [-0.4, -0.2) is 42.9 Å². The maximum Gasteiger partial charge on any atom is 0.253 e. The van der Waals surface area contributed by atoms with Gasteiger partial charge in [-0.2, -0.15) is 0 Å². The Morgan fingerprint density at radius 3 is 2.46 bits per heavy atom. The van der Waals surface area contributed by atoms with Gasteiger partial charge in [-0.15, -0.1) is 12.4 Å². The van der Waals surface area contributed by atoms with Gasteiger partial charge in [-0.3, -0.25) is 9.59 Å². The average molecular weight is 356 g/mol. The molecule has 0 spiro atoms. The number of rotatable bonds is 8. The smallest absolute Gasteiger partial charge is 0.253 e. The maximum atomic E-state index is 12.5. The topological polar surface area (TPSA) is 75.4 Å². The molecule has 1 unspecified atom stereocenters. The molecule has 5 nitrogen and oxygen atoms in total. The number of hydrogen-bond donors (Lipinski definition) is 2. The van der Waals surface area contributed by atoms with Crippen LogP contribution in [-0.2, 0) is 0 Å². The minimum atomic E-state index is -0.147. The molecule has 0 bridgehead atoms. The van der Waals surface area contributed by atoms with Gasteiger partial charge in [-0.1, -0.05) is 26.8 Å². The van der Waals surface area contributed by atoms with Crippen molar-refractivity contribution in [2.24, 2.45) is 11.7 Å². The van der Waals surface area contributed by atoms with Gasteiger partial charge >= 0.3 is 0 Å². The Labute approximate surface area is 151 Å². The Kier molecular flexibility index (Phi) is 10.3. The summed E-state index contributed by atoms with van der Waals surface area (Å²) in [6, 6.07) is 6.92. The normalized spacial score (nSPS) is 11.6. The molecule has 1 aromatic rings. The van der Waals surface area contributed by atoms with Crippen molar-refractivity contribution in [2.45, 2.75) is 39.7 Å². The molecular weight excluding hydrogens is 326 g/mol. The molecule has 0 aliphatic heterocycles. The zero-order valence-corrected chi connectivity index (χ0v) is 15.9. The quantitative estimate of drug-likeness (QED) is 0.752. The molecule has 0 fully saturated rings. The first kappa shape index (κ1) is 22.4. The summed E-state index contributed by atoms with van der Waals surface area (Å²) in [7, 11) is 1.76. The number of carbonyl (C=O) groups excluding carboxylic acids is 2. The van der Waals surface area contributed by atoms with Gasteiger partial charge in [0.2, 0.25) is 0 Å². The van der Waals surface area contributed by atoms with E-state index < -0.39 is 0 Å². The van der Waals surface area contributed by atoms with E-state index >= 15 is 0 Å². The SMILES string of the molecule is CCCNC(=O)c1cccc(C(=O)N(C)CCC(N)C(C)C)c1.Cl. The van der Waals surface area contributed by atoms with E-state index in [9.17, 15) is 9.59 Å². The lowest BCUT2D eigenvalue weighted by Crippen LogP contribution is -2.34. The number of carbonyl (C=O) groups is 2. The number of nitrogens with two attached hydrogens (primary N) is 1. The third-order valence-corrected chi connectivity index (χ3v) is 3.91. The van der Waals surface area contributed by atoms with Crippen LogP contribution in [0.5, 0.6) is 0 Å². The summed E-state index contributed by atoms with van der Waals surface area (Å²) in [5.41, 5.74) is 7.06. The molecule has 1 aromatic carbocycles. The van der Waals surface area contributed by atoms with Gasteiger partial charge in [0.05, 0.1) is 0 Å². The molecule has 136 valence electrons. The molecule has 0 aliphatic carbocycles. The van der Waals surface area contributed by atoms with E-state index in [4.69, 9.17) is 5.73 Å². The van der Waals surface area contributed by atoms with Gasteiger partial charge in [0, 0.05) is 37.3 Å². The lowest BCUT2D eigenvalue weighted by Gasteiger charge is -2.21. The predicted molar refractivity (Wildman–Crippen MR) is 101 cm³/mol. The molecule has 1 atom stereocenters. The number of amides is 2. The third kappa shape index (κ3) is 6.89. The summed E-state index contributed by atoms with van der Waals surface area (Å²) in [5, 5.41) is 2.82. The molecule has 24 heavy (non-hydrogen) atoms. The number of benzene rings is 1. The Balaban J connectivity index is 0.00000529. The fourth-order valence-electron chi connectivity index (χ4n) is 2.13. The first-order valence-corrected chi connectivity index (χ1v) is 8.26. The molecule has 3 N–H and O–H groups in total. The molecule has 0 aliphatic rings. The van der Waals surface area contributed by atoms with Crippen LogP contribution in [0.15, 0.2) is 24.3 Å². The highest BCUT2D eigenvalue weighted by Gasteiger charge is 2.16. The average Bonchev–Trinajstić information content (AvgIpc) is 2.56. The molecule has 6 heteroatoms. The van der Waals surface area contributed by atoms with Crippen LogP contribution in [0.4, 0.5) is 0 Å². The predicted octanol–water partition coefficient (Wildman–Crippen LogP) is 2.69. The van der Waals surface area contributed by atoms with Crippen molar-refractivity contribution >= 4 is 24.2 Å². The van der Waals surface area contributed by atoms with Crippen molar-refractivity contribution in [3.05, 3.63) is 35.4 Å². The van der Waals surface area contributed by atoms with Crippen molar-refractivity contribution in [1.82, 2.24) is 10.2 Å². The van der Waals surface area contributed by atoms with Crippen molar-refractivity contribution in [2.75, 3.05) is 20.1 Å². The van der Waals surface area contributed by atoms with Gasteiger partial charge in [0.25, 0.3) is 11.8 Å². The summed E-state index contributed by atoms with van der Waals surface area (Å²) in [5.74, 6) is 0.154. The summed E-state index contributed by atoms with van der Waals surface area (Å²) in [4.78, 5) is 26.1. The van der Waals surface area contributed by atoms with Gasteiger partial charge in [0.1, 0.15) is 0 Å². The molecular formula is C18H30ClN3O2. The Morgan fingerprint density at radius 2 is 1.88 bits per heavy atom. The molecule has 2 amide bonds. The van der Waals surface area contributed by atoms with E-state index in [1.807, 2.05) is 6.92 Å². The fraction of sp³-hybridized carbons (Fsp3) is 0.556. The van der Waals surface area contributed by atoms with Crippen LogP contribution < -0.4 is 11.1 Å². The first-order valence-electron chi connectivity index (χ1n) is 8.26. The summed E-state index contributed by atoms with van der Waals surface area (Å²) < 4.78 is 0. The molecule has 0 saturated carbocycles. The Hall–Kier alpha value is -1.59. The number of nitrogens with zero attached hydrogens (tertiary/aromatic N) is 1. The highest BCUT2D eigenvalue weighted by molar-refractivity contribution is 5.99. The van der Waals surface area contributed by atoms with E-state index in [1.165, 1.54) is 0 Å². The van der Waals surface area contributed by atoms with Gasteiger partial charge in [-0.05, 0) is 37.0 Å². The molecule has 0 heterocycles. The zero-order chi connectivity index (χ0) is 17.4. The van der Waals surface area contributed by atoms with E-state index in [-0.39, 0.29) is 30.3 Å². The molecule has 0 aromatic heterocycles. The van der Waals surface area contributed by atoms with Crippen LogP contribution >= 0.6 is 12.4 Å². The van der Waals surface area contributed by atoms with Crippen molar-refractivity contribution in [3.8, 4) is 0 Å². The summed E-state index contributed by atoms with van der Waals surface area (Å²) >= 11 is 0. The second-order valence-corrected chi connectivity index (χ2v) is 6.26. The van der Waals surface area contributed by atoms with Crippen molar-refractivity contribution in [3.63, 3.8) is 0 Å². The van der Waals surface area contributed by atoms with E-state index in [2.05, 4.69) is 19.2 Å². The maximum absolute atomic E-state index is 12.5.